The zero-order valence-electron chi connectivity index (χ0n) is 9.56. The Hall–Kier alpha value is -0.900. The summed E-state index contributed by atoms with van der Waals surface area (Å²) in [4.78, 5) is 0. The fraction of sp³-hybridized carbons (Fsp3) is 0.385. The molecule has 0 bridgehead atoms. The van der Waals surface area contributed by atoms with Crippen molar-refractivity contribution in [1.29, 1.82) is 0 Å². The third-order valence-electron chi connectivity index (χ3n) is 2.59. The lowest BCUT2D eigenvalue weighted by Gasteiger charge is -2.21. The van der Waals surface area contributed by atoms with E-state index in [4.69, 9.17) is 4.74 Å². The van der Waals surface area contributed by atoms with Gasteiger partial charge in [-0.3, -0.25) is 0 Å². The Kier molecular flexibility index (Phi) is 3.28. The first-order chi connectivity index (χ1) is 7.62. The van der Waals surface area contributed by atoms with E-state index in [1.54, 1.807) is 18.4 Å². The van der Waals surface area contributed by atoms with Crippen molar-refractivity contribution in [2.45, 2.75) is 18.9 Å². The molecule has 2 aromatic rings. The maximum absolute atomic E-state index is 10.1. The summed E-state index contributed by atoms with van der Waals surface area (Å²) in [6, 6.07) is 8.28. The number of thiophene rings is 1. The zero-order valence-corrected chi connectivity index (χ0v) is 10.4. The molecule has 0 spiro atoms. The second-order valence-electron chi connectivity index (χ2n) is 4.36. The topological polar surface area (TPSA) is 29.5 Å². The average Bonchev–Trinajstić information content (AvgIpc) is 2.61. The van der Waals surface area contributed by atoms with Gasteiger partial charge in [-0.1, -0.05) is 18.2 Å². The van der Waals surface area contributed by atoms with Crippen molar-refractivity contribution in [3.63, 3.8) is 0 Å². The zero-order chi connectivity index (χ0) is 11.6. The summed E-state index contributed by atoms with van der Waals surface area (Å²) >= 11 is 1.72. The number of hydrogen-bond acceptors (Lipinski definition) is 3. The van der Waals surface area contributed by atoms with E-state index >= 15 is 0 Å². The van der Waals surface area contributed by atoms with Crippen LogP contribution < -0.4 is 0 Å². The van der Waals surface area contributed by atoms with Crippen LogP contribution >= 0.6 is 11.3 Å². The fourth-order valence-corrected chi connectivity index (χ4v) is 2.90. The van der Waals surface area contributed by atoms with E-state index < -0.39 is 5.60 Å². The molecule has 0 radical (unpaired) electrons. The van der Waals surface area contributed by atoms with E-state index in [2.05, 4.69) is 17.5 Å². The summed E-state index contributed by atoms with van der Waals surface area (Å²) < 4.78 is 6.29. The number of aliphatic hydroxyl groups is 1. The van der Waals surface area contributed by atoms with Crippen molar-refractivity contribution in [1.82, 2.24) is 0 Å². The second-order valence-corrected chi connectivity index (χ2v) is 5.28. The molecule has 0 saturated carbocycles. The van der Waals surface area contributed by atoms with Crippen LogP contribution in [0.2, 0.25) is 0 Å². The molecule has 1 aromatic carbocycles. The molecule has 3 heteroatoms. The normalized spacial score (nSPS) is 15.2. The first-order valence-electron chi connectivity index (χ1n) is 5.29. The van der Waals surface area contributed by atoms with Crippen LogP contribution in [0.3, 0.4) is 0 Å². The molecular formula is C13H16O2S. The van der Waals surface area contributed by atoms with Crippen molar-refractivity contribution in [2.75, 3.05) is 13.7 Å². The van der Waals surface area contributed by atoms with E-state index in [1.165, 1.54) is 15.6 Å². The monoisotopic (exact) mass is 236 g/mol. The number of methoxy groups -OCH3 is 1. The third-order valence-corrected chi connectivity index (χ3v) is 3.60. The quantitative estimate of drug-likeness (QED) is 0.884. The van der Waals surface area contributed by atoms with Crippen molar-refractivity contribution < 1.29 is 9.84 Å². The summed E-state index contributed by atoms with van der Waals surface area (Å²) in [5.41, 5.74) is 0.404. The molecule has 16 heavy (non-hydrogen) atoms. The smallest absolute Gasteiger partial charge is 0.0892 e. The van der Waals surface area contributed by atoms with Crippen molar-refractivity contribution in [2.24, 2.45) is 0 Å². The minimum atomic E-state index is -0.793. The van der Waals surface area contributed by atoms with E-state index in [0.29, 0.717) is 13.0 Å². The highest BCUT2D eigenvalue weighted by molar-refractivity contribution is 7.17. The minimum absolute atomic E-state index is 0.358. The van der Waals surface area contributed by atoms with Gasteiger partial charge < -0.3 is 9.84 Å². The average molecular weight is 236 g/mol. The summed E-state index contributed by atoms with van der Waals surface area (Å²) in [6.45, 7) is 2.17. The van der Waals surface area contributed by atoms with Gasteiger partial charge in [0, 0.05) is 18.2 Å². The summed E-state index contributed by atoms with van der Waals surface area (Å²) in [5.74, 6) is 0. The predicted octanol–water partition coefficient (Wildman–Crippen LogP) is 2.84. The Balaban J connectivity index is 2.27. The maximum Gasteiger partial charge on any atom is 0.0892 e. The number of hydrogen-bond donors (Lipinski definition) is 1. The molecule has 1 heterocycles. The van der Waals surface area contributed by atoms with Gasteiger partial charge in [-0.15, -0.1) is 11.3 Å². The largest absolute Gasteiger partial charge is 0.387 e. The number of benzene rings is 1. The molecular weight excluding hydrogens is 220 g/mol. The van der Waals surface area contributed by atoms with Crippen molar-refractivity contribution in [3.05, 3.63) is 35.2 Å². The summed E-state index contributed by atoms with van der Waals surface area (Å²) in [5, 5.41) is 13.5. The first kappa shape index (κ1) is 11.6. The molecule has 0 amide bonds. The number of fused-ring (bicyclic) bond motifs is 1. The van der Waals surface area contributed by atoms with Gasteiger partial charge in [0.15, 0.2) is 0 Å². The fourth-order valence-electron chi connectivity index (χ4n) is 1.94. The summed E-state index contributed by atoms with van der Waals surface area (Å²) in [7, 11) is 1.61. The predicted molar refractivity (Wildman–Crippen MR) is 68.0 cm³/mol. The molecule has 86 valence electrons. The molecule has 0 fully saturated rings. The molecule has 2 rings (SSSR count). The SMILES string of the molecule is COCC(C)(O)Cc1csc2ccccc12. The highest BCUT2D eigenvalue weighted by atomic mass is 32.1. The molecule has 1 aromatic heterocycles. The van der Waals surface area contributed by atoms with Crippen LogP contribution in [0.5, 0.6) is 0 Å². The highest BCUT2D eigenvalue weighted by Crippen LogP contribution is 2.28. The minimum Gasteiger partial charge on any atom is -0.387 e. The number of rotatable bonds is 4. The van der Waals surface area contributed by atoms with Gasteiger partial charge in [0.1, 0.15) is 0 Å². The standard InChI is InChI=1S/C13H16O2S/c1-13(14,9-15-2)7-10-8-16-12-6-4-3-5-11(10)12/h3-6,8,14H,7,9H2,1-2H3. The maximum atomic E-state index is 10.1. The Morgan fingerprint density at radius 2 is 2.12 bits per heavy atom. The van der Waals surface area contributed by atoms with E-state index in [0.717, 1.165) is 0 Å². The van der Waals surface area contributed by atoms with Crippen LogP contribution in [-0.2, 0) is 11.2 Å². The van der Waals surface area contributed by atoms with E-state index in [1.807, 2.05) is 19.1 Å². The Morgan fingerprint density at radius 1 is 1.38 bits per heavy atom. The Morgan fingerprint density at radius 3 is 2.88 bits per heavy atom. The van der Waals surface area contributed by atoms with Crippen LogP contribution in [0.1, 0.15) is 12.5 Å². The molecule has 0 aliphatic heterocycles. The number of ether oxygens (including phenoxy) is 1. The Labute approximate surface area is 99.5 Å². The molecule has 1 unspecified atom stereocenters. The van der Waals surface area contributed by atoms with Crippen LogP contribution in [0.15, 0.2) is 29.6 Å². The molecule has 2 nitrogen and oxygen atoms in total. The Bertz CT molecular complexity index is 473. The van der Waals surface area contributed by atoms with Gasteiger partial charge in [0.2, 0.25) is 0 Å². The van der Waals surface area contributed by atoms with Gasteiger partial charge in [-0.2, -0.15) is 0 Å². The van der Waals surface area contributed by atoms with Crippen molar-refractivity contribution >= 4 is 21.4 Å². The molecule has 0 aliphatic rings. The lowest BCUT2D eigenvalue weighted by atomic mass is 9.97. The van der Waals surface area contributed by atoms with Crippen LogP contribution in [0, 0.1) is 0 Å². The lowest BCUT2D eigenvalue weighted by molar-refractivity contribution is -0.0158. The van der Waals surface area contributed by atoms with Crippen LogP contribution in [0.4, 0.5) is 0 Å². The molecule has 1 atom stereocenters. The van der Waals surface area contributed by atoms with Crippen molar-refractivity contribution in [3.8, 4) is 0 Å². The van der Waals surface area contributed by atoms with Crippen LogP contribution in [-0.4, -0.2) is 24.4 Å². The second kappa shape index (κ2) is 4.53. The summed E-state index contributed by atoms with van der Waals surface area (Å²) in [6.07, 6.45) is 0.630. The lowest BCUT2D eigenvalue weighted by Crippen LogP contribution is -2.32. The van der Waals surface area contributed by atoms with Gasteiger partial charge in [-0.25, -0.2) is 0 Å². The van der Waals surface area contributed by atoms with Gasteiger partial charge in [-0.05, 0) is 29.3 Å². The van der Waals surface area contributed by atoms with Gasteiger partial charge in [0.25, 0.3) is 0 Å². The van der Waals surface area contributed by atoms with Crippen LogP contribution in [0.25, 0.3) is 10.1 Å². The molecule has 1 N–H and O–H groups in total. The van der Waals surface area contributed by atoms with E-state index in [9.17, 15) is 5.11 Å². The molecule has 0 saturated heterocycles. The highest BCUT2D eigenvalue weighted by Gasteiger charge is 2.22. The molecule has 0 aliphatic carbocycles. The van der Waals surface area contributed by atoms with Gasteiger partial charge in [0.05, 0.1) is 12.2 Å². The third kappa shape index (κ3) is 2.43. The first-order valence-corrected chi connectivity index (χ1v) is 6.17. The van der Waals surface area contributed by atoms with E-state index in [-0.39, 0.29) is 0 Å². The van der Waals surface area contributed by atoms with Gasteiger partial charge >= 0.3 is 0 Å².